The van der Waals surface area contributed by atoms with Crippen LogP contribution in [0, 0.1) is 29.2 Å². The third-order valence-corrected chi connectivity index (χ3v) is 10.0. The van der Waals surface area contributed by atoms with Crippen LogP contribution < -0.4 is 16.4 Å². The highest BCUT2D eigenvalue weighted by atomic mass is 32.2. The summed E-state index contributed by atoms with van der Waals surface area (Å²) in [5.74, 6) is -4.56. The molecule has 3 atom stereocenters. The van der Waals surface area contributed by atoms with Crippen LogP contribution in [0.2, 0.25) is 0 Å². The quantitative estimate of drug-likeness (QED) is 0.282. The summed E-state index contributed by atoms with van der Waals surface area (Å²) in [5.41, 5.74) is 6.91. The van der Waals surface area contributed by atoms with E-state index in [1.165, 1.54) is 22.6 Å². The summed E-state index contributed by atoms with van der Waals surface area (Å²) in [6.45, 7) is 1.25. The lowest BCUT2D eigenvalue weighted by molar-refractivity contribution is -0.117. The highest BCUT2D eigenvalue weighted by Crippen LogP contribution is 2.33. The Morgan fingerprint density at radius 2 is 1.72 bits per heavy atom. The standard InChI is InChI=1S/C30H33F4N5O3S/c31-21-5-3-19(4-6-21)28(20-11-22(32)13-23(33)12-20)29(35)30(40)38-27-16-37-15-26(34)25(27)8-7-24-14-36-9-10-39(24)43(41,42)17-18-1-2-18/h3-6,11-13,15-16,18,24,28-29,36H,1-2,7-10,14,17,35H2,(H,38,40)/t24-,28?,29-/m0/s1. The first-order chi connectivity index (χ1) is 20.5. The van der Waals surface area contributed by atoms with Gasteiger partial charge in [-0.25, -0.2) is 26.0 Å². The Balaban J connectivity index is 1.36. The second kappa shape index (κ2) is 13.1. The minimum absolute atomic E-state index is 0.0416. The fourth-order valence-electron chi connectivity index (χ4n) is 5.57. The lowest BCUT2D eigenvalue weighted by atomic mass is 9.84. The number of carbonyl (C=O) groups is 1. The van der Waals surface area contributed by atoms with Gasteiger partial charge in [0.15, 0.2) is 0 Å². The van der Waals surface area contributed by atoms with E-state index in [1.807, 2.05) is 0 Å². The number of piperazine rings is 1. The Kier molecular flexibility index (Phi) is 9.45. The Morgan fingerprint density at radius 3 is 2.40 bits per heavy atom. The molecule has 5 rings (SSSR count). The van der Waals surface area contributed by atoms with E-state index in [0.29, 0.717) is 31.3 Å². The molecule has 0 radical (unpaired) electrons. The zero-order valence-electron chi connectivity index (χ0n) is 23.3. The van der Waals surface area contributed by atoms with Crippen molar-refractivity contribution in [2.75, 3.05) is 30.7 Å². The number of nitrogens with zero attached hydrogens (tertiary/aromatic N) is 2. The fourth-order valence-corrected chi connectivity index (χ4v) is 7.69. The molecule has 4 N–H and O–H groups in total. The van der Waals surface area contributed by atoms with Gasteiger partial charge in [-0.2, -0.15) is 4.31 Å². The molecule has 1 amide bonds. The van der Waals surface area contributed by atoms with Crippen LogP contribution in [0.4, 0.5) is 23.2 Å². The minimum atomic E-state index is -3.47. The van der Waals surface area contributed by atoms with Crippen LogP contribution in [-0.2, 0) is 21.2 Å². The van der Waals surface area contributed by atoms with E-state index in [4.69, 9.17) is 5.73 Å². The largest absolute Gasteiger partial charge is 0.323 e. The van der Waals surface area contributed by atoms with Crippen molar-refractivity contribution in [2.24, 2.45) is 11.7 Å². The van der Waals surface area contributed by atoms with Crippen LogP contribution in [0.25, 0.3) is 0 Å². The number of pyridine rings is 1. The molecule has 230 valence electrons. The SMILES string of the molecule is N[C@H](C(=O)Nc1cncc(F)c1CC[C@H]1CNCCN1S(=O)(=O)CC1CC1)C(c1ccc(F)cc1)c1cc(F)cc(F)c1. The van der Waals surface area contributed by atoms with Crippen LogP contribution >= 0.6 is 0 Å². The number of benzene rings is 2. The Hall–Kier alpha value is -3.39. The van der Waals surface area contributed by atoms with Gasteiger partial charge in [-0.15, -0.1) is 0 Å². The van der Waals surface area contributed by atoms with Gasteiger partial charge in [0, 0.05) is 43.2 Å². The van der Waals surface area contributed by atoms with E-state index in [-0.39, 0.29) is 41.3 Å². The van der Waals surface area contributed by atoms with Gasteiger partial charge in [0.05, 0.1) is 29.9 Å². The summed E-state index contributed by atoms with van der Waals surface area (Å²) in [4.78, 5) is 17.3. The van der Waals surface area contributed by atoms with E-state index in [2.05, 4.69) is 15.6 Å². The first kappa shape index (κ1) is 31.0. The summed E-state index contributed by atoms with van der Waals surface area (Å²) in [7, 11) is -3.47. The van der Waals surface area contributed by atoms with Crippen molar-refractivity contribution in [1.29, 1.82) is 0 Å². The zero-order valence-corrected chi connectivity index (χ0v) is 24.1. The highest BCUT2D eigenvalue weighted by molar-refractivity contribution is 7.89. The fraction of sp³-hybridized carbons (Fsp3) is 0.400. The Bertz CT molecular complexity index is 1550. The van der Waals surface area contributed by atoms with E-state index < -0.39 is 57.2 Å². The predicted octanol–water partition coefficient (Wildman–Crippen LogP) is 3.68. The molecule has 2 aliphatic rings. The maximum Gasteiger partial charge on any atom is 0.242 e. The van der Waals surface area contributed by atoms with Gasteiger partial charge in [-0.1, -0.05) is 12.1 Å². The number of rotatable bonds is 11. The highest BCUT2D eigenvalue weighted by Gasteiger charge is 2.37. The molecule has 43 heavy (non-hydrogen) atoms. The van der Waals surface area contributed by atoms with Gasteiger partial charge in [-0.3, -0.25) is 9.78 Å². The van der Waals surface area contributed by atoms with Crippen molar-refractivity contribution < 1.29 is 30.8 Å². The molecule has 2 aromatic carbocycles. The molecule has 8 nitrogen and oxygen atoms in total. The number of anilines is 1. The molecule has 0 spiro atoms. The minimum Gasteiger partial charge on any atom is -0.323 e. The van der Waals surface area contributed by atoms with Crippen LogP contribution in [0.1, 0.15) is 41.9 Å². The van der Waals surface area contributed by atoms with E-state index in [0.717, 1.165) is 43.3 Å². The van der Waals surface area contributed by atoms with Crippen molar-refractivity contribution in [1.82, 2.24) is 14.6 Å². The number of hydrogen-bond donors (Lipinski definition) is 3. The molecule has 1 aliphatic heterocycles. The maximum atomic E-state index is 15.1. The monoisotopic (exact) mass is 619 g/mol. The van der Waals surface area contributed by atoms with Crippen LogP contribution in [-0.4, -0.2) is 61.1 Å². The maximum absolute atomic E-state index is 15.1. The summed E-state index contributed by atoms with van der Waals surface area (Å²) >= 11 is 0. The second-order valence-electron chi connectivity index (χ2n) is 11.1. The van der Waals surface area contributed by atoms with Crippen molar-refractivity contribution >= 4 is 21.6 Å². The molecule has 1 saturated carbocycles. The van der Waals surface area contributed by atoms with Gasteiger partial charge in [0.25, 0.3) is 0 Å². The van der Waals surface area contributed by atoms with Gasteiger partial charge < -0.3 is 16.4 Å². The number of hydrogen-bond acceptors (Lipinski definition) is 6. The number of amides is 1. The molecule has 0 bridgehead atoms. The second-order valence-corrected chi connectivity index (χ2v) is 13.1. The van der Waals surface area contributed by atoms with E-state index in [1.54, 1.807) is 0 Å². The normalized spacial score (nSPS) is 19.1. The Morgan fingerprint density at radius 1 is 1.02 bits per heavy atom. The third kappa shape index (κ3) is 7.58. The van der Waals surface area contributed by atoms with Crippen LogP contribution in [0.15, 0.2) is 54.9 Å². The molecule has 1 unspecified atom stereocenters. The number of sulfonamides is 1. The van der Waals surface area contributed by atoms with Gasteiger partial charge in [-0.05, 0) is 67.0 Å². The first-order valence-electron chi connectivity index (χ1n) is 14.1. The summed E-state index contributed by atoms with van der Waals surface area (Å²) in [5, 5.41) is 5.80. The van der Waals surface area contributed by atoms with Gasteiger partial charge in [0.1, 0.15) is 23.3 Å². The van der Waals surface area contributed by atoms with Gasteiger partial charge >= 0.3 is 0 Å². The number of nitrogens with two attached hydrogens (primary N) is 1. The van der Waals surface area contributed by atoms with Crippen LogP contribution in [0.3, 0.4) is 0 Å². The molecule has 1 aliphatic carbocycles. The number of aromatic nitrogens is 1. The summed E-state index contributed by atoms with van der Waals surface area (Å²) < 4.78 is 84.6. The average molecular weight is 620 g/mol. The predicted molar refractivity (Wildman–Crippen MR) is 154 cm³/mol. The van der Waals surface area contributed by atoms with Crippen molar-refractivity contribution in [3.8, 4) is 0 Å². The number of nitrogens with one attached hydrogen (secondary N) is 2. The zero-order chi connectivity index (χ0) is 30.7. The molecule has 2 heterocycles. The molecular formula is C30H33F4N5O3S. The lowest BCUT2D eigenvalue weighted by Gasteiger charge is -2.35. The number of carbonyl (C=O) groups excluding carboxylic acids is 1. The van der Waals surface area contributed by atoms with E-state index >= 15 is 4.39 Å². The molecule has 1 aromatic heterocycles. The summed E-state index contributed by atoms with van der Waals surface area (Å²) in [6, 6.07) is 5.97. The molecule has 1 saturated heterocycles. The summed E-state index contributed by atoms with van der Waals surface area (Å²) in [6.07, 6.45) is 4.45. The molecule has 13 heteroatoms. The topological polar surface area (TPSA) is 117 Å². The smallest absolute Gasteiger partial charge is 0.242 e. The van der Waals surface area contributed by atoms with Crippen molar-refractivity contribution in [2.45, 2.75) is 43.7 Å². The Labute approximate surface area is 247 Å². The van der Waals surface area contributed by atoms with Crippen molar-refractivity contribution in [3.63, 3.8) is 0 Å². The lowest BCUT2D eigenvalue weighted by Crippen LogP contribution is -2.54. The molecule has 3 aromatic rings. The molecular weight excluding hydrogens is 586 g/mol. The average Bonchev–Trinajstić information content (AvgIpc) is 3.77. The molecule has 2 fully saturated rings. The first-order valence-corrected chi connectivity index (χ1v) is 15.7. The van der Waals surface area contributed by atoms with E-state index in [9.17, 15) is 26.4 Å². The third-order valence-electron chi connectivity index (χ3n) is 7.92. The van der Waals surface area contributed by atoms with Gasteiger partial charge in [0.2, 0.25) is 15.9 Å². The van der Waals surface area contributed by atoms with Crippen LogP contribution in [0.5, 0.6) is 0 Å². The number of halogens is 4. The van der Waals surface area contributed by atoms with Crippen molar-refractivity contribution in [3.05, 3.63) is 94.8 Å².